The molecule has 192 valence electrons. The number of halogens is 4. The molecule has 3 heterocycles. The number of pyridine rings is 1. The first kappa shape index (κ1) is 25.5. The molecule has 1 aliphatic carbocycles. The summed E-state index contributed by atoms with van der Waals surface area (Å²) in [6, 6.07) is 3.44. The van der Waals surface area contributed by atoms with E-state index in [1.807, 2.05) is 0 Å². The number of aliphatic hydroxyl groups is 1. The van der Waals surface area contributed by atoms with Crippen LogP contribution >= 0.6 is 0 Å². The lowest BCUT2D eigenvalue weighted by molar-refractivity contribution is -0.141. The van der Waals surface area contributed by atoms with E-state index >= 15 is 0 Å². The van der Waals surface area contributed by atoms with Crippen molar-refractivity contribution >= 4 is 16.0 Å². The van der Waals surface area contributed by atoms with Gasteiger partial charge in [0.1, 0.15) is 17.8 Å². The van der Waals surface area contributed by atoms with Crippen LogP contribution in [0.4, 0.5) is 23.5 Å². The van der Waals surface area contributed by atoms with Gasteiger partial charge in [-0.25, -0.2) is 22.8 Å². The van der Waals surface area contributed by atoms with Gasteiger partial charge in [-0.15, -0.1) is 0 Å². The SMILES string of the molecule is CC1(O)CCCC1Oc1nc(NC2CCN(S(=O)(=O)c3ccccn3)CC2F)ncc1C(F)(F)F. The second-order valence-corrected chi connectivity index (χ2v) is 10.7. The second-order valence-electron chi connectivity index (χ2n) is 8.85. The fraction of sp³-hybridized carbons (Fsp3) is 0.571. The highest BCUT2D eigenvalue weighted by atomic mass is 32.2. The fourth-order valence-corrected chi connectivity index (χ4v) is 5.61. The Bertz CT molecular complexity index is 1150. The third-order valence-electron chi connectivity index (χ3n) is 6.22. The lowest BCUT2D eigenvalue weighted by Crippen LogP contribution is -2.50. The molecular weight excluding hydrogens is 494 g/mol. The Hall–Kier alpha value is -2.58. The summed E-state index contributed by atoms with van der Waals surface area (Å²) in [7, 11) is -3.99. The number of ether oxygens (including phenoxy) is 1. The van der Waals surface area contributed by atoms with Crippen LogP contribution in [-0.4, -0.2) is 69.8 Å². The molecule has 0 bridgehead atoms. The molecule has 4 unspecified atom stereocenters. The Morgan fingerprint density at radius 3 is 2.63 bits per heavy atom. The van der Waals surface area contributed by atoms with E-state index in [0.29, 0.717) is 25.5 Å². The van der Waals surface area contributed by atoms with Crippen LogP contribution in [-0.2, 0) is 16.2 Å². The van der Waals surface area contributed by atoms with Crippen molar-refractivity contribution in [1.29, 1.82) is 0 Å². The van der Waals surface area contributed by atoms with E-state index < -0.39 is 58.1 Å². The summed E-state index contributed by atoms with van der Waals surface area (Å²) < 4.78 is 87.3. The maximum Gasteiger partial charge on any atom is 0.423 e. The molecule has 2 fully saturated rings. The zero-order chi connectivity index (χ0) is 25.4. The molecule has 0 aromatic carbocycles. The summed E-state index contributed by atoms with van der Waals surface area (Å²) in [6.07, 6.45) is -4.18. The molecule has 1 aliphatic heterocycles. The fourth-order valence-electron chi connectivity index (χ4n) is 4.21. The van der Waals surface area contributed by atoms with Crippen molar-refractivity contribution in [3.05, 3.63) is 36.2 Å². The van der Waals surface area contributed by atoms with E-state index in [0.717, 1.165) is 4.31 Å². The minimum atomic E-state index is -4.80. The molecule has 4 rings (SSSR count). The highest BCUT2D eigenvalue weighted by Crippen LogP contribution is 2.39. The Morgan fingerprint density at radius 1 is 1.26 bits per heavy atom. The molecule has 2 aromatic heterocycles. The van der Waals surface area contributed by atoms with Crippen molar-refractivity contribution in [3.63, 3.8) is 0 Å². The van der Waals surface area contributed by atoms with Crippen LogP contribution in [0.3, 0.4) is 0 Å². The molecule has 2 aliphatic rings. The quantitative estimate of drug-likeness (QED) is 0.560. The normalized spacial score (nSPS) is 28.1. The Kier molecular flexibility index (Phi) is 6.90. The van der Waals surface area contributed by atoms with Crippen molar-refractivity contribution in [3.8, 4) is 5.88 Å². The van der Waals surface area contributed by atoms with E-state index in [9.17, 15) is 31.1 Å². The van der Waals surface area contributed by atoms with Crippen molar-refractivity contribution in [2.24, 2.45) is 0 Å². The maximum atomic E-state index is 14.9. The number of sulfonamides is 1. The van der Waals surface area contributed by atoms with Gasteiger partial charge in [0.15, 0.2) is 5.03 Å². The average Bonchev–Trinajstić information content (AvgIpc) is 3.12. The lowest BCUT2D eigenvalue weighted by atomic mass is 10.0. The Balaban J connectivity index is 1.49. The maximum absolute atomic E-state index is 14.9. The smallest absolute Gasteiger partial charge is 0.423 e. The summed E-state index contributed by atoms with van der Waals surface area (Å²) in [5.41, 5.74) is -2.52. The van der Waals surface area contributed by atoms with Crippen molar-refractivity contribution in [1.82, 2.24) is 19.3 Å². The van der Waals surface area contributed by atoms with E-state index in [2.05, 4.69) is 20.3 Å². The van der Waals surface area contributed by atoms with Crippen LogP contribution in [0.15, 0.2) is 35.6 Å². The van der Waals surface area contributed by atoms with Crippen molar-refractivity contribution < 1.29 is 35.8 Å². The molecule has 14 heteroatoms. The molecule has 2 N–H and O–H groups in total. The minimum absolute atomic E-state index is 0.0190. The van der Waals surface area contributed by atoms with Crippen LogP contribution in [0.2, 0.25) is 0 Å². The number of hydrogen-bond acceptors (Lipinski definition) is 8. The van der Waals surface area contributed by atoms with E-state index in [1.54, 1.807) is 6.07 Å². The van der Waals surface area contributed by atoms with Gasteiger partial charge in [-0.3, -0.25) is 0 Å². The third-order valence-corrected chi connectivity index (χ3v) is 8.00. The third kappa shape index (κ3) is 5.48. The number of nitrogens with zero attached hydrogens (tertiary/aromatic N) is 4. The van der Waals surface area contributed by atoms with Crippen molar-refractivity contribution in [2.45, 2.75) is 67.7 Å². The van der Waals surface area contributed by atoms with Crippen molar-refractivity contribution in [2.75, 3.05) is 18.4 Å². The summed E-state index contributed by atoms with van der Waals surface area (Å²) >= 11 is 0. The number of anilines is 1. The first-order chi connectivity index (χ1) is 16.4. The molecule has 9 nitrogen and oxygen atoms in total. The highest BCUT2D eigenvalue weighted by molar-refractivity contribution is 7.89. The van der Waals surface area contributed by atoms with Crippen LogP contribution in [0, 0.1) is 0 Å². The minimum Gasteiger partial charge on any atom is -0.471 e. The molecule has 0 radical (unpaired) electrons. The predicted molar refractivity (Wildman–Crippen MR) is 116 cm³/mol. The number of aromatic nitrogens is 3. The largest absolute Gasteiger partial charge is 0.471 e. The molecule has 1 saturated carbocycles. The molecule has 35 heavy (non-hydrogen) atoms. The number of nitrogens with one attached hydrogen (secondary N) is 1. The molecule has 0 amide bonds. The van der Waals surface area contributed by atoms with Gasteiger partial charge in [-0.2, -0.15) is 22.5 Å². The summed E-state index contributed by atoms with van der Waals surface area (Å²) in [5.74, 6) is -1.05. The van der Waals surface area contributed by atoms with E-state index in [4.69, 9.17) is 4.74 Å². The molecule has 4 atom stereocenters. The Labute approximate surface area is 199 Å². The predicted octanol–water partition coefficient (Wildman–Crippen LogP) is 2.79. The highest BCUT2D eigenvalue weighted by Gasteiger charge is 2.43. The monoisotopic (exact) mass is 519 g/mol. The van der Waals surface area contributed by atoms with Gasteiger partial charge >= 0.3 is 6.18 Å². The number of piperidine rings is 1. The number of rotatable bonds is 6. The van der Waals surface area contributed by atoms with Crippen LogP contribution in [0.5, 0.6) is 5.88 Å². The molecule has 1 saturated heterocycles. The summed E-state index contributed by atoms with van der Waals surface area (Å²) in [4.78, 5) is 11.3. The first-order valence-corrected chi connectivity index (χ1v) is 12.5. The van der Waals surface area contributed by atoms with E-state index in [1.165, 1.54) is 25.3 Å². The molecular formula is C21H25F4N5O4S. The number of hydrogen-bond donors (Lipinski definition) is 2. The topological polar surface area (TPSA) is 118 Å². The number of alkyl halides is 4. The Morgan fingerprint density at radius 2 is 2.03 bits per heavy atom. The van der Waals surface area contributed by atoms with Gasteiger partial charge in [0.05, 0.1) is 11.6 Å². The van der Waals surface area contributed by atoms with Gasteiger partial charge < -0.3 is 15.2 Å². The van der Waals surface area contributed by atoms with Gasteiger partial charge in [0.25, 0.3) is 10.0 Å². The van der Waals surface area contributed by atoms with Crippen LogP contribution in [0.1, 0.15) is 38.2 Å². The van der Waals surface area contributed by atoms with Gasteiger partial charge in [0.2, 0.25) is 11.8 Å². The summed E-state index contributed by atoms with van der Waals surface area (Å²) in [6.45, 7) is 0.982. The average molecular weight is 520 g/mol. The molecule has 2 aromatic rings. The van der Waals surface area contributed by atoms with Crippen LogP contribution in [0.25, 0.3) is 0 Å². The van der Waals surface area contributed by atoms with E-state index in [-0.39, 0.29) is 23.9 Å². The van der Waals surface area contributed by atoms with Gasteiger partial charge in [0, 0.05) is 25.5 Å². The van der Waals surface area contributed by atoms with Gasteiger partial charge in [-0.05, 0) is 44.7 Å². The standard InChI is InChI=1S/C21H25F4N5O4S/c1-20(31)8-4-5-16(20)34-18-13(21(23,24)25)11-27-19(29-18)28-15-7-10-30(12-14(15)22)35(32,33)17-6-2-3-9-26-17/h2-3,6,9,11,14-16,31H,4-5,7-8,10,12H2,1H3,(H,27,28,29). The van der Waals surface area contributed by atoms with Gasteiger partial charge in [-0.1, -0.05) is 6.07 Å². The zero-order valence-electron chi connectivity index (χ0n) is 18.7. The van der Waals surface area contributed by atoms with Crippen LogP contribution < -0.4 is 10.1 Å². The lowest BCUT2D eigenvalue weighted by Gasteiger charge is -2.34. The first-order valence-electron chi connectivity index (χ1n) is 11.0. The second kappa shape index (κ2) is 9.47. The molecule has 0 spiro atoms. The summed E-state index contributed by atoms with van der Waals surface area (Å²) in [5, 5.41) is 12.8. The zero-order valence-corrected chi connectivity index (χ0v) is 19.6.